The van der Waals surface area contributed by atoms with Gasteiger partial charge >= 0.3 is 5.97 Å². The molecule has 74 valence electrons. The third kappa shape index (κ3) is 1.79. The Balaban J connectivity index is 3.36. The van der Waals surface area contributed by atoms with Crippen LogP contribution in [0.2, 0.25) is 0 Å². The summed E-state index contributed by atoms with van der Waals surface area (Å²) in [5.74, 6) is -1.16. The van der Waals surface area contributed by atoms with Gasteiger partial charge in [0.1, 0.15) is 0 Å². The van der Waals surface area contributed by atoms with Crippen molar-refractivity contribution in [1.82, 2.24) is 4.98 Å². The minimum atomic E-state index is -1.16. The second kappa shape index (κ2) is 3.73. The molecular formula is C8H8N2O4. The van der Waals surface area contributed by atoms with Gasteiger partial charge in [0.05, 0.1) is 16.8 Å². The van der Waals surface area contributed by atoms with Crippen LogP contribution in [0.25, 0.3) is 0 Å². The van der Waals surface area contributed by atoms with Gasteiger partial charge in [-0.2, -0.15) is 0 Å². The van der Waals surface area contributed by atoms with Crippen LogP contribution in [-0.4, -0.2) is 27.0 Å². The van der Waals surface area contributed by atoms with Crippen molar-refractivity contribution in [3.05, 3.63) is 33.7 Å². The molecule has 0 atom stereocenters. The molecule has 1 heterocycles. The molecule has 3 N–H and O–H groups in total. The normalized spacial score (nSPS) is 11.4. The molecule has 1 rings (SSSR count). The van der Waals surface area contributed by atoms with Crippen molar-refractivity contribution in [2.24, 2.45) is 5.16 Å². The molecule has 14 heavy (non-hydrogen) atoms. The Morgan fingerprint density at radius 1 is 1.57 bits per heavy atom. The zero-order chi connectivity index (χ0) is 10.7. The van der Waals surface area contributed by atoms with Crippen molar-refractivity contribution in [1.29, 1.82) is 0 Å². The highest BCUT2D eigenvalue weighted by Crippen LogP contribution is 1.99. The van der Waals surface area contributed by atoms with Gasteiger partial charge in [-0.3, -0.25) is 4.79 Å². The predicted molar refractivity (Wildman–Crippen MR) is 48.0 cm³/mol. The van der Waals surface area contributed by atoms with E-state index in [0.717, 1.165) is 12.3 Å². The summed E-state index contributed by atoms with van der Waals surface area (Å²) in [7, 11) is 0. The molecule has 0 aliphatic heterocycles. The molecule has 0 amide bonds. The smallest absolute Gasteiger partial charge is 0.337 e. The molecule has 0 saturated carbocycles. The Hall–Kier alpha value is -2.11. The maximum Gasteiger partial charge on any atom is 0.337 e. The largest absolute Gasteiger partial charge is 0.478 e. The fourth-order valence-electron chi connectivity index (χ4n) is 0.930. The quantitative estimate of drug-likeness (QED) is 0.359. The maximum absolute atomic E-state index is 11.2. The molecule has 0 aliphatic rings. The molecule has 0 radical (unpaired) electrons. The number of aromatic nitrogens is 1. The molecular weight excluding hydrogens is 188 g/mol. The first-order chi connectivity index (χ1) is 6.56. The Morgan fingerprint density at radius 3 is 2.71 bits per heavy atom. The third-order valence-corrected chi connectivity index (χ3v) is 1.69. The van der Waals surface area contributed by atoms with Gasteiger partial charge < -0.3 is 15.3 Å². The molecule has 0 spiro atoms. The Labute approximate surface area is 78.5 Å². The minimum absolute atomic E-state index is 0.0346. The maximum atomic E-state index is 11.2. The molecule has 0 bridgehead atoms. The molecule has 0 unspecified atom stereocenters. The van der Waals surface area contributed by atoms with Crippen LogP contribution >= 0.6 is 0 Å². The predicted octanol–water partition coefficient (Wildman–Crippen LogP) is 0.271. The summed E-state index contributed by atoms with van der Waals surface area (Å²) in [4.78, 5) is 23.9. The molecule has 6 heteroatoms. The standard InChI is InChI=1S/C8H8N2O4/c1-4(10-14)6-2-5(8(12)13)3-9-7(6)11/h2-3,14H,1H3,(H,9,11)(H,12,13)/b10-4-. The van der Waals surface area contributed by atoms with E-state index in [2.05, 4.69) is 10.1 Å². The summed E-state index contributed by atoms with van der Waals surface area (Å²) >= 11 is 0. The minimum Gasteiger partial charge on any atom is -0.478 e. The van der Waals surface area contributed by atoms with Gasteiger partial charge in [-0.1, -0.05) is 5.16 Å². The number of carboxylic acid groups (broad SMARTS) is 1. The number of aromatic carboxylic acids is 1. The highest BCUT2D eigenvalue weighted by atomic mass is 16.4. The van der Waals surface area contributed by atoms with E-state index >= 15 is 0 Å². The molecule has 1 aromatic rings. The van der Waals surface area contributed by atoms with Crippen LogP contribution in [-0.2, 0) is 0 Å². The zero-order valence-electron chi connectivity index (χ0n) is 7.31. The monoisotopic (exact) mass is 196 g/mol. The van der Waals surface area contributed by atoms with Crippen molar-refractivity contribution >= 4 is 11.7 Å². The lowest BCUT2D eigenvalue weighted by Gasteiger charge is -1.98. The number of hydrogen-bond acceptors (Lipinski definition) is 4. The number of rotatable bonds is 2. The van der Waals surface area contributed by atoms with E-state index < -0.39 is 11.5 Å². The summed E-state index contributed by atoms with van der Waals surface area (Å²) in [6.45, 7) is 1.40. The molecule has 6 nitrogen and oxygen atoms in total. The second-order valence-corrected chi connectivity index (χ2v) is 2.62. The number of nitrogens with zero attached hydrogens (tertiary/aromatic N) is 1. The lowest BCUT2D eigenvalue weighted by atomic mass is 10.1. The fourth-order valence-corrected chi connectivity index (χ4v) is 0.930. The van der Waals surface area contributed by atoms with Crippen LogP contribution in [0.15, 0.2) is 22.2 Å². The van der Waals surface area contributed by atoms with Crippen molar-refractivity contribution < 1.29 is 15.1 Å². The Kier molecular flexibility index (Phi) is 2.66. The molecule has 1 aromatic heterocycles. The van der Waals surface area contributed by atoms with Gasteiger partial charge in [-0.05, 0) is 13.0 Å². The van der Waals surface area contributed by atoms with Crippen LogP contribution in [0.4, 0.5) is 0 Å². The number of H-pyrrole nitrogens is 1. The first kappa shape index (κ1) is 9.97. The Morgan fingerprint density at radius 2 is 2.21 bits per heavy atom. The first-order valence-corrected chi connectivity index (χ1v) is 3.71. The average molecular weight is 196 g/mol. The van der Waals surface area contributed by atoms with Crippen molar-refractivity contribution in [2.75, 3.05) is 0 Å². The van der Waals surface area contributed by atoms with Gasteiger partial charge in [0.15, 0.2) is 0 Å². The van der Waals surface area contributed by atoms with Gasteiger partial charge in [-0.15, -0.1) is 0 Å². The molecule has 0 saturated heterocycles. The number of hydrogen-bond donors (Lipinski definition) is 3. The van der Waals surface area contributed by atoms with Crippen molar-refractivity contribution in [2.45, 2.75) is 6.92 Å². The molecule has 0 aromatic carbocycles. The van der Waals surface area contributed by atoms with E-state index in [9.17, 15) is 9.59 Å². The summed E-state index contributed by atoms with van der Waals surface area (Å²) in [5, 5.41) is 19.9. The summed E-state index contributed by atoms with van der Waals surface area (Å²) in [5.41, 5.74) is -0.463. The van der Waals surface area contributed by atoms with E-state index in [1.54, 1.807) is 0 Å². The number of nitrogens with one attached hydrogen (secondary N) is 1. The van der Waals surface area contributed by atoms with Gasteiger partial charge in [0.25, 0.3) is 5.56 Å². The van der Waals surface area contributed by atoms with E-state index in [1.807, 2.05) is 0 Å². The Bertz CT molecular complexity index is 447. The van der Waals surface area contributed by atoms with Gasteiger partial charge in [0.2, 0.25) is 0 Å². The van der Waals surface area contributed by atoms with Gasteiger partial charge in [0, 0.05) is 6.20 Å². The third-order valence-electron chi connectivity index (χ3n) is 1.69. The highest BCUT2D eigenvalue weighted by molar-refractivity contribution is 5.99. The number of carbonyl (C=O) groups is 1. The number of carboxylic acids is 1. The first-order valence-electron chi connectivity index (χ1n) is 3.71. The van der Waals surface area contributed by atoms with E-state index in [1.165, 1.54) is 6.92 Å². The van der Waals surface area contributed by atoms with Crippen molar-refractivity contribution in [3.8, 4) is 0 Å². The van der Waals surface area contributed by atoms with Crippen LogP contribution in [0.5, 0.6) is 0 Å². The number of oxime groups is 1. The lowest BCUT2D eigenvalue weighted by Crippen LogP contribution is -2.17. The molecule has 0 aliphatic carbocycles. The van der Waals surface area contributed by atoms with Gasteiger partial charge in [-0.25, -0.2) is 4.79 Å². The van der Waals surface area contributed by atoms with Crippen LogP contribution in [0.1, 0.15) is 22.8 Å². The second-order valence-electron chi connectivity index (χ2n) is 2.62. The topological polar surface area (TPSA) is 103 Å². The number of aromatic amines is 1. The summed E-state index contributed by atoms with van der Waals surface area (Å²) in [6.07, 6.45) is 1.08. The highest BCUT2D eigenvalue weighted by Gasteiger charge is 2.09. The molecule has 0 fully saturated rings. The lowest BCUT2D eigenvalue weighted by molar-refractivity contribution is 0.0696. The van der Waals surface area contributed by atoms with Crippen LogP contribution < -0.4 is 5.56 Å². The zero-order valence-corrected chi connectivity index (χ0v) is 7.31. The van der Waals surface area contributed by atoms with Crippen molar-refractivity contribution in [3.63, 3.8) is 0 Å². The fraction of sp³-hybridized carbons (Fsp3) is 0.125. The van der Waals surface area contributed by atoms with E-state index in [0.29, 0.717) is 0 Å². The van der Waals surface area contributed by atoms with Crippen LogP contribution in [0, 0.1) is 0 Å². The number of pyridine rings is 1. The SMILES string of the molecule is C/C(=N/O)c1cc(C(=O)O)c[nH]c1=O. The van der Waals surface area contributed by atoms with E-state index in [-0.39, 0.29) is 16.8 Å². The van der Waals surface area contributed by atoms with Crippen LogP contribution in [0.3, 0.4) is 0 Å². The average Bonchev–Trinajstić information content (AvgIpc) is 2.17. The summed E-state index contributed by atoms with van der Waals surface area (Å²) < 4.78 is 0. The summed E-state index contributed by atoms with van der Waals surface area (Å²) in [6, 6.07) is 1.15. The van der Waals surface area contributed by atoms with E-state index in [4.69, 9.17) is 10.3 Å².